The number of aryl methyl sites for hydroxylation is 1. The molecule has 1 aromatic carbocycles. The van der Waals surface area contributed by atoms with E-state index < -0.39 is 0 Å². The number of rotatable bonds is 4. The van der Waals surface area contributed by atoms with Gasteiger partial charge in [-0.2, -0.15) is 0 Å². The van der Waals surface area contributed by atoms with Crippen LogP contribution in [0.15, 0.2) is 30.3 Å². The molecule has 1 rings (SSSR count). The Morgan fingerprint density at radius 1 is 1.33 bits per heavy atom. The van der Waals surface area contributed by atoms with E-state index in [0.717, 1.165) is 11.1 Å². The Labute approximate surface area is 107 Å². The minimum atomic E-state index is -0.272. The maximum atomic E-state index is 11.5. The number of benzene rings is 1. The van der Waals surface area contributed by atoms with Crippen LogP contribution in [0.25, 0.3) is 6.08 Å². The Hall–Kier alpha value is -2.10. The van der Waals surface area contributed by atoms with E-state index in [-0.39, 0.29) is 18.4 Å². The van der Waals surface area contributed by atoms with Gasteiger partial charge in [0, 0.05) is 20.2 Å². The number of amides is 2. The smallest absolute Gasteiger partial charge is 0.244 e. The highest BCUT2D eigenvalue weighted by Crippen LogP contribution is 2.05. The van der Waals surface area contributed by atoms with Gasteiger partial charge in [-0.3, -0.25) is 9.59 Å². The van der Waals surface area contributed by atoms with Gasteiger partial charge >= 0.3 is 0 Å². The predicted molar refractivity (Wildman–Crippen MR) is 71.9 cm³/mol. The van der Waals surface area contributed by atoms with Crippen LogP contribution in [-0.2, 0) is 9.59 Å². The number of hydrogen-bond acceptors (Lipinski definition) is 2. The molecule has 0 aliphatic heterocycles. The first-order chi connectivity index (χ1) is 8.49. The maximum absolute atomic E-state index is 11.5. The lowest BCUT2D eigenvalue weighted by Crippen LogP contribution is -2.35. The number of nitrogens with one attached hydrogen (secondary N) is 1. The summed E-state index contributed by atoms with van der Waals surface area (Å²) in [4.78, 5) is 24.1. The number of likely N-dealkylation sites (N-methyl/N-ethyl adjacent to an activating group) is 1. The van der Waals surface area contributed by atoms with Crippen molar-refractivity contribution in [2.45, 2.75) is 6.92 Å². The first kappa shape index (κ1) is 14.0. The second-order valence-electron chi connectivity index (χ2n) is 4.25. The maximum Gasteiger partial charge on any atom is 0.244 e. The van der Waals surface area contributed by atoms with Gasteiger partial charge in [-0.15, -0.1) is 0 Å². The topological polar surface area (TPSA) is 49.4 Å². The normalized spacial score (nSPS) is 10.4. The molecule has 0 spiro atoms. The van der Waals surface area contributed by atoms with Crippen LogP contribution in [0.3, 0.4) is 0 Å². The van der Waals surface area contributed by atoms with Crippen LogP contribution in [-0.4, -0.2) is 37.4 Å². The molecule has 0 heterocycles. The van der Waals surface area contributed by atoms with Crippen LogP contribution in [0.4, 0.5) is 0 Å². The molecule has 0 saturated carbocycles. The summed E-state index contributed by atoms with van der Waals surface area (Å²) in [6.07, 6.45) is 3.15. The Balaban J connectivity index is 2.47. The van der Waals surface area contributed by atoms with E-state index >= 15 is 0 Å². The standard InChI is InChI=1S/C14H18N2O2/c1-11-5-4-6-12(9-11)7-8-13(17)15-10-14(18)16(2)3/h4-9H,10H2,1-3H3,(H,15,17). The molecular formula is C14H18N2O2. The fourth-order valence-corrected chi connectivity index (χ4v) is 1.33. The summed E-state index contributed by atoms with van der Waals surface area (Å²) >= 11 is 0. The molecule has 1 N–H and O–H groups in total. The molecule has 96 valence electrons. The van der Waals surface area contributed by atoms with Crippen molar-refractivity contribution in [2.75, 3.05) is 20.6 Å². The Kier molecular flexibility index (Phi) is 5.11. The van der Waals surface area contributed by atoms with Crippen molar-refractivity contribution in [3.63, 3.8) is 0 Å². The van der Waals surface area contributed by atoms with Crippen molar-refractivity contribution in [1.82, 2.24) is 10.2 Å². The molecule has 4 heteroatoms. The second kappa shape index (κ2) is 6.59. The molecule has 2 amide bonds. The minimum Gasteiger partial charge on any atom is -0.347 e. The molecular weight excluding hydrogens is 228 g/mol. The molecule has 18 heavy (non-hydrogen) atoms. The van der Waals surface area contributed by atoms with E-state index in [1.807, 2.05) is 31.2 Å². The van der Waals surface area contributed by atoms with Gasteiger partial charge in [-0.1, -0.05) is 29.8 Å². The fraction of sp³-hybridized carbons (Fsp3) is 0.286. The van der Waals surface area contributed by atoms with E-state index in [0.29, 0.717) is 0 Å². The first-order valence-electron chi connectivity index (χ1n) is 5.72. The molecule has 0 atom stereocenters. The lowest BCUT2D eigenvalue weighted by atomic mass is 10.1. The van der Waals surface area contributed by atoms with Crippen molar-refractivity contribution in [1.29, 1.82) is 0 Å². The van der Waals surface area contributed by atoms with Crippen LogP contribution in [0.5, 0.6) is 0 Å². The van der Waals surface area contributed by atoms with Crippen LogP contribution in [0, 0.1) is 6.92 Å². The zero-order valence-electron chi connectivity index (χ0n) is 10.9. The highest BCUT2D eigenvalue weighted by atomic mass is 16.2. The number of hydrogen-bond donors (Lipinski definition) is 1. The number of carbonyl (C=O) groups is 2. The lowest BCUT2D eigenvalue weighted by molar-refractivity contribution is -0.129. The van der Waals surface area contributed by atoms with Crippen LogP contribution in [0.2, 0.25) is 0 Å². The molecule has 0 aromatic heterocycles. The highest BCUT2D eigenvalue weighted by Gasteiger charge is 2.04. The molecule has 0 aliphatic rings. The molecule has 1 aromatic rings. The fourth-order valence-electron chi connectivity index (χ4n) is 1.33. The van der Waals surface area contributed by atoms with E-state index in [1.54, 1.807) is 20.2 Å². The summed E-state index contributed by atoms with van der Waals surface area (Å²) in [5.41, 5.74) is 2.10. The SMILES string of the molecule is Cc1cccc(C=CC(=O)NCC(=O)N(C)C)c1. The van der Waals surface area contributed by atoms with Crippen molar-refractivity contribution < 1.29 is 9.59 Å². The first-order valence-corrected chi connectivity index (χ1v) is 5.72. The van der Waals surface area contributed by atoms with Crippen LogP contribution < -0.4 is 5.32 Å². The van der Waals surface area contributed by atoms with E-state index in [2.05, 4.69) is 5.32 Å². The Morgan fingerprint density at radius 3 is 2.67 bits per heavy atom. The molecule has 4 nitrogen and oxygen atoms in total. The zero-order chi connectivity index (χ0) is 13.5. The van der Waals surface area contributed by atoms with Gasteiger partial charge in [0.25, 0.3) is 0 Å². The summed E-state index contributed by atoms with van der Waals surface area (Å²) < 4.78 is 0. The predicted octanol–water partition coefficient (Wildman–Crippen LogP) is 1.21. The molecule has 0 aliphatic carbocycles. The monoisotopic (exact) mass is 246 g/mol. The van der Waals surface area contributed by atoms with Crippen molar-refractivity contribution in [3.05, 3.63) is 41.5 Å². The number of carbonyl (C=O) groups excluding carboxylic acids is 2. The Bertz CT molecular complexity index is 465. The summed E-state index contributed by atoms with van der Waals surface area (Å²) in [5, 5.41) is 2.53. The average molecular weight is 246 g/mol. The van der Waals surface area contributed by atoms with Gasteiger partial charge in [0.2, 0.25) is 11.8 Å². The van der Waals surface area contributed by atoms with Crippen LogP contribution in [0.1, 0.15) is 11.1 Å². The van der Waals surface area contributed by atoms with E-state index in [9.17, 15) is 9.59 Å². The molecule has 0 bridgehead atoms. The third-order valence-corrected chi connectivity index (χ3v) is 2.38. The summed E-state index contributed by atoms with van der Waals surface area (Å²) in [6.45, 7) is 2.01. The van der Waals surface area contributed by atoms with Gasteiger partial charge in [0.05, 0.1) is 6.54 Å². The quantitative estimate of drug-likeness (QED) is 0.812. The van der Waals surface area contributed by atoms with E-state index in [4.69, 9.17) is 0 Å². The lowest BCUT2D eigenvalue weighted by Gasteiger charge is -2.09. The average Bonchev–Trinajstić information content (AvgIpc) is 2.33. The van der Waals surface area contributed by atoms with Crippen molar-refractivity contribution in [3.8, 4) is 0 Å². The molecule has 0 unspecified atom stereocenters. The third kappa shape index (κ3) is 4.82. The summed E-state index contributed by atoms with van der Waals surface area (Å²) in [6, 6.07) is 7.83. The highest BCUT2D eigenvalue weighted by molar-refractivity contribution is 5.94. The van der Waals surface area contributed by atoms with Gasteiger partial charge in [0.15, 0.2) is 0 Å². The van der Waals surface area contributed by atoms with Crippen molar-refractivity contribution >= 4 is 17.9 Å². The van der Waals surface area contributed by atoms with Gasteiger partial charge in [-0.05, 0) is 18.6 Å². The van der Waals surface area contributed by atoms with Gasteiger partial charge < -0.3 is 10.2 Å². The third-order valence-electron chi connectivity index (χ3n) is 2.38. The zero-order valence-corrected chi connectivity index (χ0v) is 10.9. The molecule has 0 fully saturated rings. The van der Waals surface area contributed by atoms with Crippen LogP contribution >= 0.6 is 0 Å². The second-order valence-corrected chi connectivity index (χ2v) is 4.25. The molecule has 0 saturated heterocycles. The van der Waals surface area contributed by atoms with Gasteiger partial charge in [-0.25, -0.2) is 0 Å². The number of nitrogens with zero attached hydrogens (tertiary/aromatic N) is 1. The largest absolute Gasteiger partial charge is 0.347 e. The minimum absolute atomic E-state index is 0.0178. The van der Waals surface area contributed by atoms with Gasteiger partial charge in [0.1, 0.15) is 0 Å². The van der Waals surface area contributed by atoms with Crippen molar-refractivity contribution in [2.24, 2.45) is 0 Å². The molecule has 0 radical (unpaired) electrons. The summed E-state index contributed by atoms with van der Waals surface area (Å²) in [7, 11) is 3.30. The Morgan fingerprint density at radius 2 is 2.06 bits per heavy atom. The summed E-state index contributed by atoms with van der Waals surface area (Å²) in [5.74, 6) is -0.404. The van der Waals surface area contributed by atoms with E-state index in [1.165, 1.54) is 11.0 Å².